The zero-order valence-corrected chi connectivity index (χ0v) is 14.9. The maximum absolute atomic E-state index is 13.2. The van der Waals surface area contributed by atoms with E-state index in [2.05, 4.69) is 15.3 Å². The zero-order chi connectivity index (χ0) is 18.4. The molecule has 4 heterocycles. The third kappa shape index (κ3) is 2.59. The molecule has 7 heteroatoms. The van der Waals surface area contributed by atoms with Gasteiger partial charge in [-0.15, -0.1) is 11.8 Å². The van der Waals surface area contributed by atoms with Crippen LogP contribution in [0.2, 0.25) is 0 Å². The van der Waals surface area contributed by atoms with Crippen LogP contribution in [0, 0.1) is 0 Å². The number of fused-ring (bicyclic) bond motifs is 2. The van der Waals surface area contributed by atoms with E-state index in [1.165, 1.54) is 16.7 Å². The maximum Gasteiger partial charge on any atom is 0.329 e. The first-order valence-electron chi connectivity index (χ1n) is 8.48. The van der Waals surface area contributed by atoms with Crippen molar-refractivity contribution in [3.63, 3.8) is 0 Å². The molecule has 0 saturated carbocycles. The molecule has 5 rings (SSSR count). The van der Waals surface area contributed by atoms with Crippen LogP contribution in [0.25, 0.3) is 15.7 Å². The van der Waals surface area contributed by atoms with Crippen LogP contribution in [-0.4, -0.2) is 33.2 Å². The average molecular weight is 374 g/mol. The average Bonchev–Trinajstić information content (AvgIpc) is 3.13. The van der Waals surface area contributed by atoms with E-state index >= 15 is 0 Å². The van der Waals surface area contributed by atoms with Gasteiger partial charge in [-0.3, -0.25) is 14.8 Å². The first-order chi connectivity index (χ1) is 13.2. The number of benzene rings is 1. The number of aromatic nitrogens is 2. The lowest BCUT2D eigenvalue weighted by Crippen LogP contribution is -2.60. The Bertz CT molecular complexity index is 1090. The third-order valence-corrected chi connectivity index (χ3v) is 6.08. The number of urea groups is 1. The molecule has 132 valence electrons. The molecule has 6 nitrogen and oxygen atoms in total. The van der Waals surface area contributed by atoms with Crippen molar-refractivity contribution >= 4 is 45.1 Å². The number of nitrogens with one attached hydrogen (secondary N) is 1. The Morgan fingerprint density at radius 3 is 2.74 bits per heavy atom. The van der Waals surface area contributed by atoms with Crippen molar-refractivity contribution < 1.29 is 9.59 Å². The first-order valence-corrected chi connectivity index (χ1v) is 9.36. The molecule has 1 aromatic carbocycles. The number of hydrogen-bond acceptors (Lipinski definition) is 5. The summed E-state index contributed by atoms with van der Waals surface area (Å²) in [5.74, 6) is -0.234. The number of carbonyl (C=O) groups is 2. The minimum Gasteiger partial charge on any atom is -0.329 e. The molecule has 2 aliphatic heterocycles. The number of carbonyl (C=O) groups excluding carboxylic acids is 2. The van der Waals surface area contributed by atoms with Crippen molar-refractivity contribution in [2.24, 2.45) is 0 Å². The Morgan fingerprint density at radius 2 is 1.89 bits per heavy atom. The van der Waals surface area contributed by atoms with Crippen LogP contribution < -0.4 is 10.2 Å². The van der Waals surface area contributed by atoms with Gasteiger partial charge < -0.3 is 5.32 Å². The molecule has 0 spiro atoms. The number of anilines is 1. The number of imide groups is 1. The summed E-state index contributed by atoms with van der Waals surface area (Å²) in [5, 5.41) is 4.23. The number of nitrogens with zero attached hydrogens (tertiary/aromatic N) is 3. The number of hydrogen-bond donors (Lipinski definition) is 1. The molecule has 2 unspecified atom stereocenters. The fourth-order valence-electron chi connectivity index (χ4n) is 3.44. The van der Waals surface area contributed by atoms with E-state index in [1.807, 2.05) is 42.5 Å². The normalized spacial score (nSPS) is 21.8. The van der Waals surface area contributed by atoms with E-state index in [0.717, 1.165) is 21.2 Å². The number of pyridine rings is 2. The molecule has 1 N–H and O–H groups in total. The topological polar surface area (TPSA) is 75.2 Å². The van der Waals surface area contributed by atoms with E-state index in [-0.39, 0.29) is 11.9 Å². The lowest BCUT2D eigenvalue weighted by atomic mass is 10.1. The number of amides is 3. The summed E-state index contributed by atoms with van der Waals surface area (Å²) in [5.41, 5.74) is 1.45. The summed E-state index contributed by atoms with van der Waals surface area (Å²) < 4.78 is 0. The molecule has 27 heavy (non-hydrogen) atoms. The smallest absolute Gasteiger partial charge is 0.329 e. The minimum atomic E-state index is -0.427. The highest BCUT2D eigenvalue weighted by molar-refractivity contribution is 8.09. The van der Waals surface area contributed by atoms with Gasteiger partial charge in [0.25, 0.3) is 5.91 Å². The molecule has 0 aliphatic carbocycles. The van der Waals surface area contributed by atoms with Gasteiger partial charge in [0.2, 0.25) is 0 Å². The predicted molar refractivity (Wildman–Crippen MR) is 105 cm³/mol. The zero-order valence-electron chi connectivity index (χ0n) is 14.1. The van der Waals surface area contributed by atoms with Crippen molar-refractivity contribution in [3.8, 4) is 0 Å². The third-order valence-electron chi connectivity index (χ3n) is 4.70. The van der Waals surface area contributed by atoms with Gasteiger partial charge in [0.15, 0.2) is 0 Å². The van der Waals surface area contributed by atoms with Gasteiger partial charge in [0.1, 0.15) is 5.25 Å². The molecule has 3 aromatic rings. The Balaban J connectivity index is 1.52. The largest absolute Gasteiger partial charge is 0.329 e. The monoisotopic (exact) mass is 374 g/mol. The molecular weight excluding hydrogens is 360 g/mol. The molecule has 1 saturated heterocycles. The lowest BCUT2D eigenvalue weighted by molar-refractivity contribution is -0.118. The Morgan fingerprint density at radius 1 is 1.00 bits per heavy atom. The van der Waals surface area contributed by atoms with Crippen molar-refractivity contribution in [1.82, 2.24) is 15.3 Å². The highest BCUT2D eigenvalue weighted by atomic mass is 32.2. The molecule has 0 bridgehead atoms. The van der Waals surface area contributed by atoms with Crippen LogP contribution in [0.15, 0.2) is 67.3 Å². The molecule has 2 atom stereocenters. The highest BCUT2D eigenvalue weighted by Gasteiger charge is 2.45. The number of thioether (sulfide) groups is 1. The van der Waals surface area contributed by atoms with Gasteiger partial charge in [-0.25, -0.2) is 9.69 Å². The van der Waals surface area contributed by atoms with E-state index in [0.29, 0.717) is 5.69 Å². The van der Waals surface area contributed by atoms with Gasteiger partial charge >= 0.3 is 6.03 Å². The molecule has 3 amide bonds. The van der Waals surface area contributed by atoms with E-state index in [4.69, 9.17) is 0 Å². The highest BCUT2D eigenvalue weighted by Crippen LogP contribution is 2.42. The van der Waals surface area contributed by atoms with Crippen molar-refractivity contribution in [2.45, 2.75) is 11.3 Å². The Kier molecular flexibility index (Phi) is 3.68. The predicted octanol–water partition coefficient (Wildman–Crippen LogP) is 3.21. The summed E-state index contributed by atoms with van der Waals surface area (Å²) in [4.78, 5) is 36.5. The van der Waals surface area contributed by atoms with E-state index in [1.54, 1.807) is 24.8 Å². The second kappa shape index (κ2) is 6.21. The van der Waals surface area contributed by atoms with Gasteiger partial charge in [-0.1, -0.05) is 30.3 Å². The fraction of sp³-hybridized carbons (Fsp3) is 0.100. The second-order valence-electron chi connectivity index (χ2n) is 6.34. The van der Waals surface area contributed by atoms with Crippen LogP contribution >= 0.6 is 11.8 Å². The minimum absolute atomic E-state index is 0.234. The first kappa shape index (κ1) is 16.0. The maximum atomic E-state index is 13.2. The van der Waals surface area contributed by atoms with Crippen LogP contribution in [0.1, 0.15) is 5.56 Å². The fourth-order valence-corrected chi connectivity index (χ4v) is 4.69. The number of rotatable bonds is 2. The Labute approximate surface area is 159 Å². The van der Waals surface area contributed by atoms with E-state index < -0.39 is 11.3 Å². The Hall–Kier alpha value is -3.19. The summed E-state index contributed by atoms with van der Waals surface area (Å²) in [6.45, 7) is 0. The SMILES string of the molecule is O=C1NC2C=C(c3cccnc3)SC2C(=O)N1c1cncc2ccccc12. The van der Waals surface area contributed by atoms with Crippen LogP contribution in [0.5, 0.6) is 0 Å². The van der Waals surface area contributed by atoms with Gasteiger partial charge in [-0.05, 0) is 12.1 Å². The van der Waals surface area contributed by atoms with Crippen molar-refractivity contribution in [3.05, 3.63) is 72.8 Å². The summed E-state index contributed by atoms with van der Waals surface area (Å²) in [7, 11) is 0. The summed E-state index contributed by atoms with van der Waals surface area (Å²) in [6.07, 6.45) is 8.68. The van der Waals surface area contributed by atoms with Gasteiger partial charge in [-0.2, -0.15) is 0 Å². The van der Waals surface area contributed by atoms with E-state index in [9.17, 15) is 9.59 Å². The second-order valence-corrected chi connectivity index (χ2v) is 7.52. The molecule has 0 radical (unpaired) electrons. The van der Waals surface area contributed by atoms with Gasteiger partial charge in [0, 0.05) is 39.8 Å². The molecule has 1 fully saturated rings. The lowest BCUT2D eigenvalue weighted by Gasteiger charge is -2.33. The molecule has 2 aliphatic rings. The van der Waals surface area contributed by atoms with Crippen LogP contribution in [0.4, 0.5) is 10.5 Å². The van der Waals surface area contributed by atoms with Crippen molar-refractivity contribution in [2.75, 3.05) is 4.90 Å². The van der Waals surface area contributed by atoms with Crippen molar-refractivity contribution in [1.29, 1.82) is 0 Å². The van der Waals surface area contributed by atoms with Crippen LogP contribution in [0.3, 0.4) is 0 Å². The van der Waals surface area contributed by atoms with Crippen LogP contribution in [-0.2, 0) is 4.79 Å². The molecule has 2 aromatic heterocycles. The molecular formula is C20H14N4O2S. The summed E-state index contributed by atoms with van der Waals surface area (Å²) in [6, 6.07) is 10.6. The van der Waals surface area contributed by atoms with Gasteiger partial charge in [0.05, 0.1) is 17.9 Å². The standard InChI is InChI=1S/C20H14N4O2S/c25-19-18-15(8-17(27-18)13-5-3-7-21-10-13)23-20(26)24(19)16-11-22-9-12-4-1-2-6-14(12)16/h1-11,15,18H,(H,23,26). The summed E-state index contributed by atoms with van der Waals surface area (Å²) >= 11 is 1.46. The quantitative estimate of drug-likeness (QED) is 0.745.